The van der Waals surface area contributed by atoms with Crippen molar-refractivity contribution in [3.05, 3.63) is 0 Å². The highest BCUT2D eigenvalue weighted by Gasteiger charge is 1.42. The van der Waals surface area contributed by atoms with Crippen molar-refractivity contribution in [1.29, 1.82) is 4.78 Å². The Labute approximate surface area is 29.4 Å². The molecule has 0 aromatic heterocycles. The highest BCUT2D eigenvalue weighted by atomic mass is 32.2. The smallest absolute Gasteiger partial charge is 0.0898 e. The van der Waals surface area contributed by atoms with Crippen LogP contribution in [0.2, 0.25) is 0 Å². The maximum absolute atomic E-state index is 8.74. The van der Waals surface area contributed by atoms with E-state index in [1.807, 2.05) is 0 Å². The van der Waals surface area contributed by atoms with Crippen molar-refractivity contribution in [2.45, 2.75) is 0 Å². The summed E-state index contributed by atoms with van der Waals surface area (Å²) in [4.78, 5) is 0. The summed E-state index contributed by atoms with van der Waals surface area (Å²) in [6.07, 6.45) is 0. The molecule has 0 saturated carbocycles. The molecule has 0 heterocycles. The average molecular weight is 95.1 g/mol. The van der Waals surface area contributed by atoms with Crippen LogP contribution in [0.3, 0.4) is 0 Å². The summed E-state index contributed by atoms with van der Waals surface area (Å²) >= 11 is 0. The Balaban J connectivity index is 4.06. The van der Waals surface area contributed by atoms with Gasteiger partial charge >= 0.3 is 0 Å². The minimum absolute atomic E-state index is 4.67. The molecule has 0 fully saturated rings. The van der Waals surface area contributed by atoms with E-state index in [0.29, 0.717) is 0 Å². The average Bonchev–Trinajstić information content (AvgIpc) is 0.722. The Morgan fingerprint density at radius 3 is 1.60 bits per heavy atom. The van der Waals surface area contributed by atoms with Gasteiger partial charge in [0.1, 0.15) is 0 Å². The molecule has 0 rings (SSSR count). The van der Waals surface area contributed by atoms with Gasteiger partial charge in [-0.1, -0.05) is 10.3 Å². The van der Waals surface area contributed by atoms with Gasteiger partial charge in [-0.15, -0.1) is 0 Å². The lowest BCUT2D eigenvalue weighted by Gasteiger charge is -2.12. The number of rotatable bonds is 0. The molecule has 0 atom stereocenters. The quantitative estimate of drug-likeness (QED) is 0.431. The van der Waals surface area contributed by atoms with Gasteiger partial charge < -0.3 is 9.11 Å². The molecule has 32 valence electrons. The summed E-state index contributed by atoms with van der Waals surface area (Å²) in [5.74, 6) is 0. The largest absolute Gasteiger partial charge is 0.775 e. The standard InChI is InChI=1S/H3NO3S/c1-5(2,3)4/h(H3,1,2,3,4)/p-2. The van der Waals surface area contributed by atoms with E-state index in [0.717, 1.165) is 0 Å². The maximum Gasteiger partial charge on any atom is -0.0898 e. The van der Waals surface area contributed by atoms with Crippen molar-refractivity contribution in [1.82, 2.24) is 0 Å². The highest BCUT2D eigenvalue weighted by Crippen LogP contribution is 1.61. The van der Waals surface area contributed by atoms with Gasteiger partial charge in [0.05, 0.1) is 0 Å². The lowest BCUT2D eigenvalue weighted by molar-refractivity contribution is 0.401. The van der Waals surface area contributed by atoms with E-state index in [4.69, 9.17) is 18.1 Å². The van der Waals surface area contributed by atoms with E-state index in [-0.39, 0.29) is 0 Å². The molecule has 5 heteroatoms. The zero-order valence-corrected chi connectivity index (χ0v) is 2.95. The molecule has 1 N–H and O–H groups in total. The summed E-state index contributed by atoms with van der Waals surface area (Å²) in [7, 11) is -4.67. The van der Waals surface area contributed by atoms with Crippen LogP contribution in [0.15, 0.2) is 0 Å². The third kappa shape index (κ3) is 801. The number of nitrogens with one attached hydrogen (secondary N) is 1. The minimum Gasteiger partial charge on any atom is -0.775 e. The molecular weight excluding hydrogens is 94.1 g/mol. The Bertz CT molecular complexity index is 90.1. The second-order valence-electron chi connectivity index (χ2n) is 0.454. The van der Waals surface area contributed by atoms with Gasteiger partial charge in [0, 0.05) is 0 Å². The van der Waals surface area contributed by atoms with Crippen LogP contribution in [0, 0.1) is 4.78 Å². The van der Waals surface area contributed by atoms with Crippen LogP contribution in [0.1, 0.15) is 0 Å². The second-order valence-corrected chi connectivity index (χ2v) is 1.36. The van der Waals surface area contributed by atoms with Crippen LogP contribution in [-0.2, 0) is 10.3 Å². The van der Waals surface area contributed by atoms with Crippen LogP contribution in [-0.4, -0.2) is 13.3 Å². The molecule has 0 spiro atoms. The molecular formula is HNO3S-2. The third-order valence-corrected chi connectivity index (χ3v) is 0. The summed E-state index contributed by atoms with van der Waals surface area (Å²) in [5.41, 5.74) is 0. The SMILES string of the molecule is N=S(=O)([O-])[O-]. The normalized spacial score (nSPS) is 11.6. The Morgan fingerprint density at radius 2 is 1.60 bits per heavy atom. The van der Waals surface area contributed by atoms with Crippen molar-refractivity contribution in [2.24, 2.45) is 0 Å². The van der Waals surface area contributed by atoms with Crippen molar-refractivity contribution < 1.29 is 13.3 Å². The molecule has 0 saturated heterocycles. The number of hydrogen-bond acceptors (Lipinski definition) is 4. The van der Waals surface area contributed by atoms with Crippen molar-refractivity contribution in [2.75, 3.05) is 0 Å². The van der Waals surface area contributed by atoms with Gasteiger partial charge in [-0.25, -0.2) is 0 Å². The maximum atomic E-state index is 8.74. The molecule has 0 radical (unpaired) electrons. The summed E-state index contributed by atoms with van der Waals surface area (Å²) in [6, 6.07) is 0. The third-order valence-electron chi connectivity index (χ3n) is 0. The fourth-order valence-electron chi connectivity index (χ4n) is 0. The highest BCUT2D eigenvalue weighted by molar-refractivity contribution is 7.80. The van der Waals surface area contributed by atoms with E-state index in [1.165, 1.54) is 0 Å². The topological polar surface area (TPSA) is 87.0 Å². The first kappa shape index (κ1) is 4.87. The van der Waals surface area contributed by atoms with Crippen LogP contribution in [0.4, 0.5) is 0 Å². The predicted octanol–water partition coefficient (Wildman–Crippen LogP) is -0.706. The van der Waals surface area contributed by atoms with Crippen molar-refractivity contribution in [3.8, 4) is 0 Å². The van der Waals surface area contributed by atoms with Crippen LogP contribution in [0.25, 0.3) is 0 Å². The van der Waals surface area contributed by atoms with Gasteiger partial charge in [0.2, 0.25) is 0 Å². The van der Waals surface area contributed by atoms with E-state index in [1.54, 1.807) is 0 Å². The predicted molar refractivity (Wildman–Crippen MR) is 12.4 cm³/mol. The van der Waals surface area contributed by atoms with E-state index in [9.17, 15) is 0 Å². The van der Waals surface area contributed by atoms with E-state index >= 15 is 0 Å². The summed E-state index contributed by atoms with van der Waals surface area (Å²) in [5, 5.41) is 0. The first-order chi connectivity index (χ1) is 2.00. The van der Waals surface area contributed by atoms with Crippen molar-refractivity contribution >= 4 is 10.3 Å². The first-order valence-electron chi connectivity index (χ1n) is 0.704. The Morgan fingerprint density at radius 1 is 1.60 bits per heavy atom. The van der Waals surface area contributed by atoms with Gasteiger partial charge in [-0.05, 0) is 0 Å². The van der Waals surface area contributed by atoms with E-state index in [2.05, 4.69) is 0 Å². The molecule has 0 aliphatic heterocycles. The first-order valence-corrected chi connectivity index (χ1v) is 2.11. The second kappa shape index (κ2) is 0.925. The summed E-state index contributed by atoms with van der Waals surface area (Å²) in [6.45, 7) is 0. The lowest BCUT2D eigenvalue weighted by Crippen LogP contribution is -1.88. The summed E-state index contributed by atoms with van der Waals surface area (Å²) < 4.78 is 31.6. The molecule has 5 heavy (non-hydrogen) atoms. The number of hydrogen-bond donors (Lipinski definition) is 1. The molecule has 0 aromatic rings. The van der Waals surface area contributed by atoms with Gasteiger partial charge in [-0.3, -0.25) is 8.99 Å². The molecule has 0 amide bonds. The fourth-order valence-corrected chi connectivity index (χ4v) is 0. The van der Waals surface area contributed by atoms with Crippen LogP contribution in [0.5, 0.6) is 0 Å². The van der Waals surface area contributed by atoms with Gasteiger partial charge in [0.15, 0.2) is 0 Å². The van der Waals surface area contributed by atoms with Crippen molar-refractivity contribution in [3.63, 3.8) is 0 Å². The van der Waals surface area contributed by atoms with Crippen LogP contribution >= 0.6 is 0 Å². The molecule has 4 nitrogen and oxygen atoms in total. The molecule has 0 bridgehead atoms. The molecule has 0 aromatic carbocycles. The molecule has 0 aliphatic rings. The molecule has 0 aliphatic carbocycles. The monoisotopic (exact) mass is 95.0 g/mol. The zero-order valence-electron chi connectivity index (χ0n) is 2.13. The lowest BCUT2D eigenvalue weighted by atomic mass is 14.0. The van der Waals surface area contributed by atoms with Gasteiger partial charge in [0.25, 0.3) is 0 Å². The minimum atomic E-state index is -4.67. The van der Waals surface area contributed by atoms with Crippen LogP contribution < -0.4 is 0 Å². The van der Waals surface area contributed by atoms with Gasteiger partial charge in [-0.2, -0.15) is 0 Å². The Kier molecular flexibility index (Phi) is 0.901. The van der Waals surface area contributed by atoms with E-state index < -0.39 is 10.3 Å². The fraction of sp³-hybridized carbons (Fsp3) is 0. The Hall–Kier alpha value is -0.130. The molecule has 0 unspecified atom stereocenters. The zero-order chi connectivity index (χ0) is 4.50.